The Morgan fingerprint density at radius 3 is 3.06 bits per heavy atom. The van der Waals surface area contributed by atoms with Gasteiger partial charge in [0.25, 0.3) is 5.91 Å². The van der Waals surface area contributed by atoms with Gasteiger partial charge in [0.15, 0.2) is 5.69 Å². The van der Waals surface area contributed by atoms with Gasteiger partial charge in [-0.25, -0.2) is 0 Å². The molecule has 1 amide bonds. The van der Waals surface area contributed by atoms with Crippen LogP contribution in [0.4, 0.5) is 0 Å². The maximum absolute atomic E-state index is 11.9. The lowest BCUT2D eigenvalue weighted by atomic mass is 10.2. The van der Waals surface area contributed by atoms with E-state index < -0.39 is 0 Å². The molecule has 2 rings (SSSR count). The molecule has 0 saturated heterocycles. The number of hydrogen-bond acceptors (Lipinski definition) is 2. The Morgan fingerprint density at radius 2 is 2.22 bits per heavy atom. The molecule has 1 aromatic carbocycles. The molecule has 0 bridgehead atoms. The van der Waals surface area contributed by atoms with E-state index in [1.54, 1.807) is 0 Å². The molecule has 18 heavy (non-hydrogen) atoms. The molecule has 2 aromatic rings. The first-order valence-electron chi connectivity index (χ1n) is 5.97. The minimum atomic E-state index is -0.145. The normalized spacial score (nSPS) is 10.2. The lowest BCUT2D eigenvalue weighted by Crippen LogP contribution is -2.24. The maximum atomic E-state index is 11.9. The van der Waals surface area contributed by atoms with Gasteiger partial charge in [0, 0.05) is 18.4 Å². The molecule has 0 unspecified atom stereocenters. The van der Waals surface area contributed by atoms with Crippen molar-refractivity contribution in [3.05, 3.63) is 30.0 Å². The minimum absolute atomic E-state index is 0.145. The Morgan fingerprint density at radius 1 is 1.39 bits per heavy atom. The molecular formula is C14H15N3O. The molecule has 1 heterocycles. The van der Waals surface area contributed by atoms with Gasteiger partial charge < -0.3 is 5.32 Å². The van der Waals surface area contributed by atoms with Crippen molar-refractivity contribution < 1.29 is 4.79 Å². The third kappa shape index (κ3) is 2.69. The predicted octanol–water partition coefficient (Wildman–Crippen LogP) is 2.10. The summed E-state index contributed by atoms with van der Waals surface area (Å²) in [5, 5.41) is 10.6. The van der Waals surface area contributed by atoms with Gasteiger partial charge in [-0.1, -0.05) is 18.2 Å². The van der Waals surface area contributed by atoms with Crippen LogP contribution < -0.4 is 5.32 Å². The van der Waals surface area contributed by atoms with Crippen LogP contribution in [0.1, 0.15) is 29.8 Å². The summed E-state index contributed by atoms with van der Waals surface area (Å²) in [5.74, 6) is 2.43. The summed E-state index contributed by atoms with van der Waals surface area (Å²) in [7, 11) is 0. The number of hydrogen-bond donors (Lipinski definition) is 2. The van der Waals surface area contributed by atoms with Crippen LogP contribution in [0.5, 0.6) is 0 Å². The lowest BCUT2D eigenvalue weighted by Gasteiger charge is -2.02. The van der Waals surface area contributed by atoms with E-state index in [2.05, 4.69) is 21.4 Å². The number of aromatic nitrogens is 2. The van der Waals surface area contributed by atoms with E-state index in [1.165, 1.54) is 0 Å². The predicted molar refractivity (Wildman–Crippen MR) is 71.1 cm³/mol. The first kappa shape index (κ1) is 12.2. The number of para-hydroxylation sites is 1. The smallest absolute Gasteiger partial charge is 0.272 e. The number of H-pyrrole nitrogens is 1. The van der Waals surface area contributed by atoms with Crippen molar-refractivity contribution in [3.63, 3.8) is 0 Å². The van der Waals surface area contributed by atoms with Crippen LogP contribution in [0.25, 0.3) is 10.9 Å². The quantitative estimate of drug-likeness (QED) is 0.622. The molecule has 4 nitrogen and oxygen atoms in total. The summed E-state index contributed by atoms with van der Waals surface area (Å²) < 4.78 is 0. The van der Waals surface area contributed by atoms with Gasteiger partial charge >= 0.3 is 0 Å². The standard InChI is InChI=1S/C14H15N3O/c1-2-3-4-7-10-15-14(18)13-11-8-5-6-9-12(11)16-17-13/h1,5-6,8-9H,3-4,7,10H2,(H,15,18)(H,16,17). The molecule has 92 valence electrons. The van der Waals surface area contributed by atoms with Gasteiger partial charge in [0.2, 0.25) is 0 Å². The molecule has 0 saturated carbocycles. The van der Waals surface area contributed by atoms with Gasteiger partial charge in [-0.3, -0.25) is 9.89 Å². The highest BCUT2D eigenvalue weighted by molar-refractivity contribution is 6.04. The van der Waals surface area contributed by atoms with E-state index in [0.717, 1.165) is 30.2 Å². The van der Waals surface area contributed by atoms with Gasteiger partial charge in [0.1, 0.15) is 0 Å². The third-order valence-electron chi connectivity index (χ3n) is 2.72. The molecule has 0 atom stereocenters. The SMILES string of the molecule is C#CCCCCNC(=O)c1n[nH]c2ccccc12. The summed E-state index contributed by atoms with van der Waals surface area (Å²) in [6, 6.07) is 7.57. The lowest BCUT2D eigenvalue weighted by molar-refractivity contribution is 0.0949. The second-order valence-electron chi connectivity index (χ2n) is 4.03. The van der Waals surface area contributed by atoms with E-state index >= 15 is 0 Å². The number of terminal acetylenes is 1. The van der Waals surface area contributed by atoms with Gasteiger partial charge in [-0.2, -0.15) is 5.10 Å². The zero-order chi connectivity index (χ0) is 12.8. The van der Waals surface area contributed by atoms with Crippen molar-refractivity contribution in [1.82, 2.24) is 15.5 Å². The molecule has 2 N–H and O–H groups in total. The number of nitrogens with one attached hydrogen (secondary N) is 2. The number of aromatic amines is 1. The van der Waals surface area contributed by atoms with Gasteiger partial charge in [0.05, 0.1) is 5.52 Å². The van der Waals surface area contributed by atoms with Crippen molar-refractivity contribution in [2.24, 2.45) is 0 Å². The Kier molecular flexibility index (Phi) is 3.98. The van der Waals surface area contributed by atoms with E-state index in [4.69, 9.17) is 6.42 Å². The van der Waals surface area contributed by atoms with Crippen LogP contribution in [-0.2, 0) is 0 Å². The molecule has 0 aliphatic carbocycles. The van der Waals surface area contributed by atoms with E-state index in [9.17, 15) is 4.79 Å². The highest BCUT2D eigenvalue weighted by Crippen LogP contribution is 2.14. The molecule has 0 spiro atoms. The van der Waals surface area contributed by atoms with Gasteiger partial charge in [-0.05, 0) is 18.9 Å². The highest BCUT2D eigenvalue weighted by Gasteiger charge is 2.12. The molecule has 1 aromatic heterocycles. The number of rotatable bonds is 5. The zero-order valence-electron chi connectivity index (χ0n) is 10.1. The van der Waals surface area contributed by atoms with Crippen LogP contribution in [0.15, 0.2) is 24.3 Å². The average molecular weight is 241 g/mol. The Balaban J connectivity index is 1.95. The number of carbonyl (C=O) groups is 1. The zero-order valence-corrected chi connectivity index (χ0v) is 10.1. The second kappa shape index (κ2) is 5.87. The summed E-state index contributed by atoms with van der Waals surface area (Å²) in [6.45, 7) is 0.627. The molecule has 0 aliphatic heterocycles. The Labute approximate surface area is 106 Å². The second-order valence-corrected chi connectivity index (χ2v) is 4.03. The molecule has 4 heteroatoms. The molecule has 0 radical (unpaired) electrons. The summed E-state index contributed by atoms with van der Waals surface area (Å²) in [6.07, 6.45) is 7.73. The topological polar surface area (TPSA) is 57.8 Å². The third-order valence-corrected chi connectivity index (χ3v) is 2.72. The monoisotopic (exact) mass is 241 g/mol. The van der Waals surface area contributed by atoms with Crippen molar-refractivity contribution in [3.8, 4) is 12.3 Å². The van der Waals surface area contributed by atoms with Crippen molar-refractivity contribution >= 4 is 16.8 Å². The van der Waals surface area contributed by atoms with Crippen LogP contribution >= 0.6 is 0 Å². The number of nitrogens with zero attached hydrogens (tertiary/aromatic N) is 1. The fourth-order valence-electron chi connectivity index (χ4n) is 1.77. The Hall–Kier alpha value is -2.28. The molecule has 0 aliphatic rings. The van der Waals surface area contributed by atoms with Crippen LogP contribution in [-0.4, -0.2) is 22.6 Å². The fourth-order valence-corrected chi connectivity index (χ4v) is 1.77. The highest BCUT2D eigenvalue weighted by atomic mass is 16.1. The summed E-state index contributed by atoms with van der Waals surface area (Å²) in [4.78, 5) is 11.9. The van der Waals surface area contributed by atoms with Crippen LogP contribution in [0, 0.1) is 12.3 Å². The number of benzene rings is 1. The molecular weight excluding hydrogens is 226 g/mol. The first-order valence-corrected chi connectivity index (χ1v) is 5.97. The van der Waals surface area contributed by atoms with Crippen LogP contribution in [0.3, 0.4) is 0 Å². The largest absolute Gasteiger partial charge is 0.351 e. The van der Waals surface area contributed by atoms with Gasteiger partial charge in [-0.15, -0.1) is 12.3 Å². The number of carbonyl (C=O) groups excluding carboxylic acids is 1. The number of fused-ring (bicyclic) bond motifs is 1. The average Bonchev–Trinajstić information content (AvgIpc) is 2.82. The van der Waals surface area contributed by atoms with Crippen LogP contribution in [0.2, 0.25) is 0 Å². The van der Waals surface area contributed by atoms with E-state index in [1.807, 2.05) is 24.3 Å². The molecule has 0 fully saturated rings. The number of amides is 1. The number of unbranched alkanes of at least 4 members (excludes halogenated alkanes) is 2. The van der Waals surface area contributed by atoms with E-state index in [-0.39, 0.29) is 5.91 Å². The summed E-state index contributed by atoms with van der Waals surface area (Å²) in [5.41, 5.74) is 1.32. The van der Waals surface area contributed by atoms with E-state index in [0.29, 0.717) is 12.2 Å². The van der Waals surface area contributed by atoms with Crippen molar-refractivity contribution in [2.75, 3.05) is 6.54 Å². The summed E-state index contributed by atoms with van der Waals surface area (Å²) >= 11 is 0. The van der Waals surface area contributed by atoms with Crippen molar-refractivity contribution in [2.45, 2.75) is 19.3 Å². The maximum Gasteiger partial charge on any atom is 0.272 e. The van der Waals surface area contributed by atoms with Crippen molar-refractivity contribution in [1.29, 1.82) is 0 Å². The Bertz CT molecular complexity index is 580. The first-order chi connectivity index (χ1) is 8.83. The fraction of sp³-hybridized carbons (Fsp3) is 0.286. The minimum Gasteiger partial charge on any atom is -0.351 e.